The second kappa shape index (κ2) is 6.63. The zero-order valence-corrected chi connectivity index (χ0v) is 13.9. The molecule has 0 amide bonds. The van der Waals surface area contributed by atoms with Gasteiger partial charge >= 0.3 is 9.04 Å². The summed E-state index contributed by atoms with van der Waals surface area (Å²) in [5.41, 5.74) is 2.56. The van der Waals surface area contributed by atoms with Crippen LogP contribution in [0.4, 0.5) is 0 Å². The van der Waals surface area contributed by atoms with E-state index in [0.29, 0.717) is 0 Å². The first-order valence-electron chi connectivity index (χ1n) is 7.47. The SMILES string of the molecule is Cc1ccc(O[Si](c2ccccc2)c2ccccc2)cc1C. The van der Waals surface area contributed by atoms with Crippen molar-refractivity contribution in [3.63, 3.8) is 0 Å². The molecule has 1 radical (unpaired) electrons. The number of hydrogen-bond donors (Lipinski definition) is 0. The van der Waals surface area contributed by atoms with Gasteiger partial charge in [-0.2, -0.15) is 0 Å². The third-order valence-electron chi connectivity index (χ3n) is 3.77. The van der Waals surface area contributed by atoms with Gasteiger partial charge in [0.05, 0.1) is 0 Å². The Morgan fingerprint density at radius 1 is 0.636 bits per heavy atom. The van der Waals surface area contributed by atoms with Crippen LogP contribution in [-0.2, 0) is 0 Å². The Kier molecular flexibility index (Phi) is 4.40. The highest BCUT2D eigenvalue weighted by atomic mass is 28.3. The molecule has 109 valence electrons. The van der Waals surface area contributed by atoms with Gasteiger partial charge in [0, 0.05) is 0 Å². The van der Waals surface area contributed by atoms with Gasteiger partial charge < -0.3 is 4.43 Å². The van der Waals surface area contributed by atoms with Gasteiger partial charge in [0.25, 0.3) is 0 Å². The van der Waals surface area contributed by atoms with Crippen molar-refractivity contribution in [1.29, 1.82) is 0 Å². The third kappa shape index (κ3) is 3.29. The predicted molar refractivity (Wildman–Crippen MR) is 94.5 cm³/mol. The summed E-state index contributed by atoms with van der Waals surface area (Å²) in [6.45, 7) is 4.25. The fourth-order valence-corrected chi connectivity index (χ4v) is 4.28. The molecule has 0 aliphatic carbocycles. The van der Waals surface area contributed by atoms with Crippen LogP contribution in [0.25, 0.3) is 0 Å². The van der Waals surface area contributed by atoms with Crippen LogP contribution in [0, 0.1) is 13.8 Å². The van der Waals surface area contributed by atoms with Crippen molar-refractivity contribution in [1.82, 2.24) is 0 Å². The maximum atomic E-state index is 6.42. The zero-order valence-electron chi connectivity index (χ0n) is 12.9. The van der Waals surface area contributed by atoms with Crippen molar-refractivity contribution in [3.8, 4) is 5.75 Å². The molecule has 0 aromatic heterocycles. The van der Waals surface area contributed by atoms with E-state index in [9.17, 15) is 0 Å². The molecule has 0 atom stereocenters. The summed E-state index contributed by atoms with van der Waals surface area (Å²) in [4.78, 5) is 0. The molecule has 0 unspecified atom stereocenters. The normalized spacial score (nSPS) is 10.7. The molecule has 0 aliphatic rings. The van der Waals surface area contributed by atoms with E-state index in [2.05, 4.69) is 80.6 Å². The lowest BCUT2D eigenvalue weighted by molar-refractivity contribution is 0.591. The van der Waals surface area contributed by atoms with Crippen molar-refractivity contribution in [2.45, 2.75) is 13.8 Å². The van der Waals surface area contributed by atoms with E-state index in [1.165, 1.54) is 21.5 Å². The van der Waals surface area contributed by atoms with Gasteiger partial charge in [-0.3, -0.25) is 0 Å². The van der Waals surface area contributed by atoms with Crippen LogP contribution < -0.4 is 14.8 Å². The van der Waals surface area contributed by atoms with E-state index in [0.717, 1.165) is 5.75 Å². The Hall–Kier alpha value is -2.32. The highest BCUT2D eigenvalue weighted by Gasteiger charge is 2.21. The van der Waals surface area contributed by atoms with Crippen LogP contribution in [0.1, 0.15) is 11.1 Å². The van der Waals surface area contributed by atoms with Crippen molar-refractivity contribution < 1.29 is 4.43 Å². The summed E-state index contributed by atoms with van der Waals surface area (Å²) in [5.74, 6) is 0.949. The summed E-state index contributed by atoms with van der Waals surface area (Å²) < 4.78 is 6.42. The minimum absolute atomic E-state index is 0.949. The Morgan fingerprint density at radius 3 is 1.68 bits per heavy atom. The number of rotatable bonds is 4. The molecular weight excluding hydrogens is 284 g/mol. The molecule has 0 bridgehead atoms. The van der Waals surface area contributed by atoms with Crippen LogP contribution in [0.3, 0.4) is 0 Å². The Labute approximate surface area is 133 Å². The second-order valence-corrected chi connectivity index (χ2v) is 7.43. The maximum absolute atomic E-state index is 6.42. The summed E-state index contributed by atoms with van der Waals surface area (Å²) in [6.07, 6.45) is 0. The molecular formula is C20H19OSi. The van der Waals surface area contributed by atoms with Gasteiger partial charge in [0.15, 0.2) is 0 Å². The lowest BCUT2D eigenvalue weighted by Gasteiger charge is -2.18. The minimum Gasteiger partial charge on any atom is -0.533 e. The largest absolute Gasteiger partial charge is 0.533 e. The molecule has 22 heavy (non-hydrogen) atoms. The minimum atomic E-state index is -1.28. The lowest BCUT2D eigenvalue weighted by Crippen LogP contribution is -2.47. The molecule has 0 N–H and O–H groups in total. The van der Waals surface area contributed by atoms with Crippen molar-refractivity contribution >= 4 is 19.4 Å². The second-order valence-electron chi connectivity index (χ2n) is 5.41. The summed E-state index contributed by atoms with van der Waals surface area (Å²) in [7, 11) is -1.28. The molecule has 2 heteroatoms. The number of aryl methyl sites for hydroxylation is 2. The van der Waals surface area contributed by atoms with Crippen LogP contribution in [0.2, 0.25) is 0 Å². The first kappa shape index (κ1) is 14.6. The standard InChI is InChI=1S/C20H19OSi/c1-16-13-14-18(15-17(16)2)21-22(19-9-5-3-6-10-19)20-11-7-4-8-12-20/h3-15H,1-2H3. The molecule has 0 aliphatic heterocycles. The molecule has 3 aromatic rings. The number of benzene rings is 3. The molecule has 0 heterocycles. The van der Waals surface area contributed by atoms with Crippen LogP contribution >= 0.6 is 0 Å². The molecule has 0 spiro atoms. The smallest absolute Gasteiger partial charge is 0.352 e. The first-order valence-corrected chi connectivity index (χ1v) is 8.88. The summed E-state index contributed by atoms with van der Waals surface area (Å²) in [5, 5.41) is 2.52. The molecule has 3 aromatic carbocycles. The molecule has 1 nitrogen and oxygen atoms in total. The van der Waals surface area contributed by atoms with E-state index in [1.807, 2.05) is 12.1 Å². The maximum Gasteiger partial charge on any atom is 0.352 e. The van der Waals surface area contributed by atoms with E-state index in [4.69, 9.17) is 4.43 Å². The Balaban J connectivity index is 1.97. The van der Waals surface area contributed by atoms with Gasteiger partial charge in [-0.1, -0.05) is 66.7 Å². The van der Waals surface area contributed by atoms with Crippen LogP contribution in [-0.4, -0.2) is 9.04 Å². The summed E-state index contributed by atoms with van der Waals surface area (Å²) in [6, 6.07) is 27.3. The Bertz CT molecular complexity index is 699. The van der Waals surface area contributed by atoms with E-state index in [1.54, 1.807) is 0 Å². The average molecular weight is 303 g/mol. The fourth-order valence-electron chi connectivity index (χ4n) is 2.36. The van der Waals surface area contributed by atoms with Gasteiger partial charge in [-0.15, -0.1) is 0 Å². The topological polar surface area (TPSA) is 9.23 Å². The predicted octanol–water partition coefficient (Wildman–Crippen LogP) is 3.49. The van der Waals surface area contributed by atoms with E-state index < -0.39 is 9.04 Å². The van der Waals surface area contributed by atoms with Crippen molar-refractivity contribution in [3.05, 3.63) is 90.0 Å². The van der Waals surface area contributed by atoms with E-state index in [-0.39, 0.29) is 0 Å². The van der Waals surface area contributed by atoms with E-state index >= 15 is 0 Å². The highest BCUT2D eigenvalue weighted by Crippen LogP contribution is 2.17. The van der Waals surface area contributed by atoms with Gasteiger partial charge in [0.1, 0.15) is 5.75 Å². The van der Waals surface area contributed by atoms with Crippen molar-refractivity contribution in [2.24, 2.45) is 0 Å². The molecule has 0 fully saturated rings. The van der Waals surface area contributed by atoms with Gasteiger partial charge in [-0.05, 0) is 47.5 Å². The Morgan fingerprint density at radius 2 is 1.18 bits per heavy atom. The molecule has 0 saturated carbocycles. The first-order chi connectivity index (χ1) is 10.7. The fraction of sp³-hybridized carbons (Fsp3) is 0.100. The van der Waals surface area contributed by atoms with Crippen molar-refractivity contribution in [2.75, 3.05) is 0 Å². The number of hydrogen-bond acceptors (Lipinski definition) is 1. The molecule has 0 saturated heterocycles. The van der Waals surface area contributed by atoms with Crippen LogP contribution in [0.5, 0.6) is 5.75 Å². The molecule has 3 rings (SSSR count). The zero-order chi connectivity index (χ0) is 15.4. The lowest BCUT2D eigenvalue weighted by atomic mass is 10.1. The van der Waals surface area contributed by atoms with Gasteiger partial charge in [0.2, 0.25) is 0 Å². The third-order valence-corrected chi connectivity index (χ3v) is 5.93. The average Bonchev–Trinajstić information content (AvgIpc) is 2.57. The monoisotopic (exact) mass is 303 g/mol. The van der Waals surface area contributed by atoms with Crippen LogP contribution in [0.15, 0.2) is 78.9 Å². The highest BCUT2D eigenvalue weighted by molar-refractivity contribution is 6.80. The summed E-state index contributed by atoms with van der Waals surface area (Å²) >= 11 is 0. The van der Waals surface area contributed by atoms with Gasteiger partial charge in [-0.25, -0.2) is 0 Å². The quantitative estimate of drug-likeness (QED) is 0.670.